The predicted molar refractivity (Wildman–Crippen MR) is 90.2 cm³/mol. The van der Waals surface area contributed by atoms with Crippen LogP contribution in [0.1, 0.15) is 42.1 Å². The lowest BCUT2D eigenvalue weighted by Crippen LogP contribution is -2.26. The molecule has 130 valence electrons. The zero-order chi connectivity index (χ0) is 17.5. The van der Waals surface area contributed by atoms with Gasteiger partial charge in [-0.3, -0.25) is 0 Å². The fourth-order valence-electron chi connectivity index (χ4n) is 2.76. The van der Waals surface area contributed by atoms with Gasteiger partial charge >= 0.3 is 6.61 Å². The number of ether oxygens (including phenoxy) is 1. The quantitative estimate of drug-likeness (QED) is 0.753. The molecule has 0 aliphatic carbocycles. The Balaban J connectivity index is 2.23. The lowest BCUT2D eigenvalue weighted by Gasteiger charge is -2.25. The molecule has 2 aromatic rings. The van der Waals surface area contributed by atoms with Crippen molar-refractivity contribution in [2.45, 2.75) is 39.0 Å². The maximum absolute atomic E-state index is 12.6. The van der Waals surface area contributed by atoms with E-state index in [1.807, 2.05) is 50.2 Å². The van der Waals surface area contributed by atoms with E-state index in [-0.39, 0.29) is 24.4 Å². The summed E-state index contributed by atoms with van der Waals surface area (Å²) in [6.45, 7) is 0.986. The molecule has 0 heterocycles. The zero-order valence-electron chi connectivity index (χ0n) is 13.9. The van der Waals surface area contributed by atoms with Crippen LogP contribution >= 0.6 is 0 Å². The summed E-state index contributed by atoms with van der Waals surface area (Å²) in [5.41, 5.74) is 2.69. The highest BCUT2D eigenvalue weighted by molar-refractivity contribution is 5.39. The van der Waals surface area contributed by atoms with Crippen molar-refractivity contribution in [2.24, 2.45) is 0 Å². The molecular weight excluding hydrogens is 312 g/mol. The minimum Gasteiger partial charge on any atom is -0.434 e. The standard InChI is InChI=1S/C19H23F2NO2/c1-13-8-9-18(24-19(20)21)16(12-13)14(2)22-17(10-11-23)15-6-4-3-5-7-15/h3-9,12,14,17,19,22-23H,10-11H2,1-2H3/t14?,17-/m1/s1. The first kappa shape index (κ1) is 18.4. The number of hydrogen-bond donors (Lipinski definition) is 2. The van der Waals surface area contributed by atoms with Crippen LogP contribution < -0.4 is 10.1 Å². The van der Waals surface area contributed by atoms with Gasteiger partial charge in [-0.1, -0.05) is 48.0 Å². The van der Waals surface area contributed by atoms with E-state index in [1.54, 1.807) is 12.1 Å². The molecule has 0 saturated heterocycles. The minimum atomic E-state index is -2.86. The Morgan fingerprint density at radius 2 is 1.83 bits per heavy atom. The Morgan fingerprint density at radius 1 is 1.12 bits per heavy atom. The summed E-state index contributed by atoms with van der Waals surface area (Å²) in [5, 5.41) is 12.7. The smallest absolute Gasteiger partial charge is 0.387 e. The molecule has 0 spiro atoms. The van der Waals surface area contributed by atoms with Gasteiger partial charge in [-0.2, -0.15) is 8.78 Å². The number of halogens is 2. The summed E-state index contributed by atoms with van der Waals surface area (Å²) in [7, 11) is 0. The Bertz CT molecular complexity index is 635. The van der Waals surface area contributed by atoms with Crippen LogP contribution in [0.25, 0.3) is 0 Å². The van der Waals surface area contributed by atoms with Gasteiger partial charge < -0.3 is 15.2 Å². The van der Waals surface area contributed by atoms with Gasteiger partial charge in [0.15, 0.2) is 0 Å². The van der Waals surface area contributed by atoms with Crippen LogP contribution in [-0.4, -0.2) is 18.3 Å². The summed E-state index contributed by atoms with van der Waals surface area (Å²) >= 11 is 0. The van der Waals surface area contributed by atoms with Crippen LogP contribution in [0.15, 0.2) is 48.5 Å². The molecule has 5 heteroatoms. The number of rotatable bonds is 8. The van der Waals surface area contributed by atoms with Crippen molar-refractivity contribution in [3.63, 3.8) is 0 Å². The third-order valence-corrected chi connectivity index (χ3v) is 3.92. The fourth-order valence-corrected chi connectivity index (χ4v) is 2.76. The van der Waals surface area contributed by atoms with E-state index in [9.17, 15) is 13.9 Å². The summed E-state index contributed by atoms with van der Waals surface area (Å²) < 4.78 is 29.9. The molecule has 0 aromatic heterocycles. The molecule has 3 nitrogen and oxygen atoms in total. The molecule has 0 aliphatic rings. The van der Waals surface area contributed by atoms with Crippen molar-refractivity contribution in [1.82, 2.24) is 5.32 Å². The predicted octanol–water partition coefficient (Wildman–Crippen LogP) is 4.37. The SMILES string of the molecule is Cc1ccc(OC(F)F)c(C(C)N[C@H](CCO)c2ccccc2)c1. The molecule has 2 rings (SSSR count). The van der Waals surface area contributed by atoms with Gasteiger partial charge in [0.1, 0.15) is 5.75 Å². The third kappa shape index (κ3) is 5.01. The van der Waals surface area contributed by atoms with E-state index in [0.717, 1.165) is 11.1 Å². The second-order valence-corrected chi connectivity index (χ2v) is 5.78. The molecule has 0 amide bonds. The number of alkyl halides is 2. The van der Waals surface area contributed by atoms with Crippen LogP contribution in [-0.2, 0) is 0 Å². The molecule has 0 saturated carbocycles. The molecule has 0 radical (unpaired) electrons. The van der Waals surface area contributed by atoms with E-state index >= 15 is 0 Å². The minimum absolute atomic E-state index is 0.0352. The van der Waals surface area contributed by atoms with E-state index < -0.39 is 6.61 Å². The largest absolute Gasteiger partial charge is 0.434 e. The van der Waals surface area contributed by atoms with Crippen molar-refractivity contribution in [3.05, 3.63) is 65.2 Å². The Hall–Kier alpha value is -1.98. The maximum atomic E-state index is 12.6. The number of nitrogens with one attached hydrogen (secondary N) is 1. The van der Waals surface area contributed by atoms with Crippen LogP contribution in [0.2, 0.25) is 0 Å². The van der Waals surface area contributed by atoms with Crippen molar-refractivity contribution < 1.29 is 18.6 Å². The average Bonchev–Trinajstić information content (AvgIpc) is 2.56. The second kappa shape index (κ2) is 8.76. The van der Waals surface area contributed by atoms with Crippen LogP contribution in [0.3, 0.4) is 0 Å². The van der Waals surface area contributed by atoms with Crippen molar-refractivity contribution in [3.8, 4) is 5.75 Å². The lowest BCUT2D eigenvalue weighted by atomic mass is 9.99. The number of aryl methyl sites for hydroxylation is 1. The maximum Gasteiger partial charge on any atom is 0.387 e. The molecule has 24 heavy (non-hydrogen) atoms. The van der Waals surface area contributed by atoms with E-state index in [0.29, 0.717) is 12.0 Å². The highest BCUT2D eigenvalue weighted by Crippen LogP contribution is 2.30. The number of aliphatic hydroxyl groups excluding tert-OH is 1. The molecule has 0 fully saturated rings. The second-order valence-electron chi connectivity index (χ2n) is 5.78. The summed E-state index contributed by atoms with van der Waals surface area (Å²) in [6, 6.07) is 14.6. The fraction of sp³-hybridized carbons (Fsp3) is 0.368. The lowest BCUT2D eigenvalue weighted by molar-refractivity contribution is -0.0507. The Labute approximate surface area is 141 Å². The molecule has 1 unspecified atom stereocenters. The first-order valence-corrected chi connectivity index (χ1v) is 7.98. The van der Waals surface area contributed by atoms with E-state index in [4.69, 9.17) is 0 Å². The van der Waals surface area contributed by atoms with Crippen LogP contribution in [0.5, 0.6) is 5.75 Å². The Morgan fingerprint density at radius 3 is 2.46 bits per heavy atom. The Kier molecular flexibility index (Phi) is 6.70. The monoisotopic (exact) mass is 335 g/mol. The van der Waals surface area contributed by atoms with Gasteiger partial charge in [0.2, 0.25) is 0 Å². The van der Waals surface area contributed by atoms with E-state index in [1.165, 1.54) is 0 Å². The van der Waals surface area contributed by atoms with Crippen molar-refractivity contribution >= 4 is 0 Å². The first-order valence-electron chi connectivity index (χ1n) is 7.98. The average molecular weight is 335 g/mol. The summed E-state index contributed by atoms with van der Waals surface area (Å²) in [4.78, 5) is 0. The third-order valence-electron chi connectivity index (χ3n) is 3.92. The van der Waals surface area contributed by atoms with Crippen LogP contribution in [0.4, 0.5) is 8.78 Å². The number of hydrogen-bond acceptors (Lipinski definition) is 3. The van der Waals surface area contributed by atoms with Gasteiger partial charge in [-0.05, 0) is 31.9 Å². The summed E-state index contributed by atoms with van der Waals surface area (Å²) in [5.74, 6) is 0.173. The van der Waals surface area contributed by atoms with Gasteiger partial charge in [-0.25, -0.2) is 0 Å². The number of benzene rings is 2. The van der Waals surface area contributed by atoms with Crippen molar-refractivity contribution in [1.29, 1.82) is 0 Å². The van der Waals surface area contributed by atoms with Crippen LogP contribution in [0, 0.1) is 6.92 Å². The molecule has 2 atom stereocenters. The molecule has 0 bridgehead atoms. The van der Waals surface area contributed by atoms with Gasteiger partial charge in [0.05, 0.1) is 0 Å². The molecular formula is C19H23F2NO2. The molecule has 0 aliphatic heterocycles. The van der Waals surface area contributed by atoms with Gasteiger partial charge in [-0.15, -0.1) is 0 Å². The highest BCUT2D eigenvalue weighted by atomic mass is 19.3. The topological polar surface area (TPSA) is 41.5 Å². The summed E-state index contributed by atoms with van der Waals surface area (Å²) in [6.07, 6.45) is 0.533. The highest BCUT2D eigenvalue weighted by Gasteiger charge is 2.19. The molecule has 2 aromatic carbocycles. The van der Waals surface area contributed by atoms with E-state index in [2.05, 4.69) is 10.1 Å². The first-order chi connectivity index (χ1) is 11.5. The zero-order valence-corrected chi connectivity index (χ0v) is 13.9. The van der Waals surface area contributed by atoms with Gasteiger partial charge in [0, 0.05) is 24.3 Å². The number of aliphatic hydroxyl groups is 1. The van der Waals surface area contributed by atoms with Gasteiger partial charge in [0.25, 0.3) is 0 Å². The molecule has 2 N–H and O–H groups in total. The van der Waals surface area contributed by atoms with Crippen molar-refractivity contribution in [2.75, 3.05) is 6.61 Å². The normalized spacial score (nSPS) is 13.8.